The summed E-state index contributed by atoms with van der Waals surface area (Å²) in [7, 11) is 0. The van der Waals surface area contributed by atoms with Crippen LogP contribution in [0.4, 0.5) is 11.6 Å². The average molecular weight is 278 g/mol. The molecule has 1 aliphatic heterocycles. The minimum absolute atomic E-state index is 0.414. The van der Waals surface area contributed by atoms with Crippen molar-refractivity contribution in [3.8, 4) is 0 Å². The van der Waals surface area contributed by atoms with Crippen molar-refractivity contribution in [3.05, 3.63) is 11.9 Å². The molecule has 1 aliphatic rings. The first-order valence-electron chi connectivity index (χ1n) is 7.73. The maximum atomic E-state index is 5.73. The van der Waals surface area contributed by atoms with Crippen molar-refractivity contribution in [1.82, 2.24) is 9.97 Å². The number of ether oxygens (including phenoxy) is 1. The van der Waals surface area contributed by atoms with Crippen molar-refractivity contribution in [2.24, 2.45) is 0 Å². The highest BCUT2D eigenvalue weighted by atomic mass is 16.5. The number of aryl methyl sites for hydroxylation is 1. The third-order valence-corrected chi connectivity index (χ3v) is 3.44. The topological polar surface area (TPSA) is 59.1 Å². The van der Waals surface area contributed by atoms with E-state index in [1.807, 2.05) is 13.0 Å². The first kappa shape index (κ1) is 15.0. The van der Waals surface area contributed by atoms with Crippen LogP contribution in [0.1, 0.15) is 44.9 Å². The Hall–Kier alpha value is -1.36. The van der Waals surface area contributed by atoms with Gasteiger partial charge in [-0.1, -0.05) is 6.92 Å². The zero-order valence-electron chi connectivity index (χ0n) is 12.6. The Morgan fingerprint density at radius 2 is 1.95 bits per heavy atom. The summed E-state index contributed by atoms with van der Waals surface area (Å²) >= 11 is 0. The Bertz CT molecular complexity index is 405. The molecule has 2 N–H and O–H groups in total. The van der Waals surface area contributed by atoms with Gasteiger partial charge in [-0.3, -0.25) is 0 Å². The summed E-state index contributed by atoms with van der Waals surface area (Å²) in [5.41, 5.74) is 0. The Labute approximate surface area is 121 Å². The van der Waals surface area contributed by atoms with Crippen LogP contribution in [0.15, 0.2) is 6.07 Å². The highest BCUT2D eigenvalue weighted by Gasteiger charge is 2.13. The van der Waals surface area contributed by atoms with E-state index in [-0.39, 0.29) is 0 Å². The summed E-state index contributed by atoms with van der Waals surface area (Å²) in [6.45, 7) is 6.82. The minimum atomic E-state index is 0.414. The van der Waals surface area contributed by atoms with Crippen LogP contribution in [0.2, 0.25) is 0 Å². The summed E-state index contributed by atoms with van der Waals surface area (Å²) in [4.78, 5) is 8.80. The van der Waals surface area contributed by atoms with Crippen LogP contribution in [0.25, 0.3) is 0 Å². The predicted octanol–water partition coefficient (Wildman–Crippen LogP) is 2.98. The predicted molar refractivity (Wildman–Crippen MR) is 82.2 cm³/mol. The Balaban J connectivity index is 1.80. The molecular weight excluding hydrogens is 252 g/mol. The molecule has 0 radical (unpaired) electrons. The molecule has 0 aliphatic carbocycles. The molecule has 1 fully saturated rings. The molecule has 0 saturated carbocycles. The molecule has 1 aromatic rings. The van der Waals surface area contributed by atoms with Gasteiger partial charge in [0.05, 0.1) is 6.10 Å². The number of hydrogen-bond donors (Lipinski definition) is 2. The van der Waals surface area contributed by atoms with Crippen LogP contribution >= 0.6 is 0 Å². The molecule has 0 aromatic carbocycles. The molecule has 2 rings (SSSR count). The molecule has 1 saturated heterocycles. The van der Waals surface area contributed by atoms with Crippen LogP contribution in [-0.4, -0.2) is 35.8 Å². The minimum Gasteiger partial charge on any atom is -0.378 e. The maximum absolute atomic E-state index is 5.73. The van der Waals surface area contributed by atoms with E-state index in [2.05, 4.69) is 27.5 Å². The number of rotatable bonds is 7. The van der Waals surface area contributed by atoms with Gasteiger partial charge in [0.1, 0.15) is 17.5 Å². The highest BCUT2D eigenvalue weighted by Crippen LogP contribution is 2.16. The van der Waals surface area contributed by atoms with Crippen molar-refractivity contribution >= 4 is 11.6 Å². The lowest BCUT2D eigenvalue weighted by atomic mass is 10.1. The standard InChI is InChI=1S/C15H26N4O/c1-3-8-16-14-11-15(19-12(2)18-14)17-9-7-13-6-4-5-10-20-13/h11,13H,3-10H2,1-2H3,(H2,16,17,18,19). The normalized spacial score (nSPS) is 18.8. The number of hydrogen-bond acceptors (Lipinski definition) is 5. The molecule has 5 heteroatoms. The first-order chi connectivity index (χ1) is 9.78. The van der Waals surface area contributed by atoms with Gasteiger partial charge in [-0.05, 0) is 39.0 Å². The zero-order valence-corrected chi connectivity index (χ0v) is 12.6. The molecule has 20 heavy (non-hydrogen) atoms. The lowest BCUT2D eigenvalue weighted by molar-refractivity contribution is 0.0134. The van der Waals surface area contributed by atoms with E-state index >= 15 is 0 Å². The number of aromatic nitrogens is 2. The molecule has 2 heterocycles. The van der Waals surface area contributed by atoms with Gasteiger partial charge in [0.15, 0.2) is 0 Å². The van der Waals surface area contributed by atoms with E-state index in [9.17, 15) is 0 Å². The summed E-state index contributed by atoms with van der Waals surface area (Å²) in [5.74, 6) is 2.59. The van der Waals surface area contributed by atoms with E-state index in [0.717, 1.165) is 50.0 Å². The smallest absolute Gasteiger partial charge is 0.131 e. The van der Waals surface area contributed by atoms with Crippen LogP contribution < -0.4 is 10.6 Å². The van der Waals surface area contributed by atoms with Crippen LogP contribution in [0.3, 0.4) is 0 Å². The fraction of sp³-hybridized carbons (Fsp3) is 0.733. The van der Waals surface area contributed by atoms with Gasteiger partial charge in [0.2, 0.25) is 0 Å². The van der Waals surface area contributed by atoms with Gasteiger partial charge in [0, 0.05) is 25.8 Å². The molecule has 1 atom stereocenters. The SMILES string of the molecule is CCCNc1cc(NCCC2CCCCO2)nc(C)n1. The van der Waals surface area contributed by atoms with Crippen molar-refractivity contribution in [1.29, 1.82) is 0 Å². The second kappa shape index (κ2) is 8.04. The van der Waals surface area contributed by atoms with Gasteiger partial charge in [-0.2, -0.15) is 0 Å². The second-order valence-corrected chi connectivity index (χ2v) is 5.32. The molecule has 0 spiro atoms. The Kier molecular flexibility index (Phi) is 6.05. The Morgan fingerprint density at radius 1 is 1.20 bits per heavy atom. The average Bonchev–Trinajstić information content (AvgIpc) is 2.46. The van der Waals surface area contributed by atoms with Gasteiger partial charge in [-0.15, -0.1) is 0 Å². The monoisotopic (exact) mass is 278 g/mol. The molecule has 0 bridgehead atoms. The number of anilines is 2. The van der Waals surface area contributed by atoms with Crippen LogP contribution in [-0.2, 0) is 4.74 Å². The fourth-order valence-corrected chi connectivity index (χ4v) is 2.40. The summed E-state index contributed by atoms with van der Waals surface area (Å²) in [5, 5.41) is 6.68. The molecule has 0 amide bonds. The van der Waals surface area contributed by atoms with Gasteiger partial charge in [-0.25, -0.2) is 9.97 Å². The summed E-state index contributed by atoms with van der Waals surface area (Å²) < 4.78 is 5.73. The first-order valence-corrected chi connectivity index (χ1v) is 7.73. The van der Waals surface area contributed by atoms with Crippen LogP contribution in [0.5, 0.6) is 0 Å². The van der Waals surface area contributed by atoms with Crippen LogP contribution in [0, 0.1) is 6.92 Å². The van der Waals surface area contributed by atoms with Gasteiger partial charge < -0.3 is 15.4 Å². The van der Waals surface area contributed by atoms with E-state index in [1.54, 1.807) is 0 Å². The van der Waals surface area contributed by atoms with Crippen molar-refractivity contribution in [2.75, 3.05) is 30.3 Å². The quantitative estimate of drug-likeness (QED) is 0.803. The second-order valence-electron chi connectivity index (χ2n) is 5.32. The van der Waals surface area contributed by atoms with Gasteiger partial charge in [0.25, 0.3) is 0 Å². The number of nitrogens with zero attached hydrogens (tertiary/aromatic N) is 2. The number of nitrogens with one attached hydrogen (secondary N) is 2. The molecule has 1 aromatic heterocycles. The van der Waals surface area contributed by atoms with E-state index in [4.69, 9.17) is 4.74 Å². The Morgan fingerprint density at radius 3 is 2.60 bits per heavy atom. The fourth-order valence-electron chi connectivity index (χ4n) is 2.40. The third-order valence-electron chi connectivity index (χ3n) is 3.44. The van der Waals surface area contributed by atoms with Crippen molar-refractivity contribution < 1.29 is 4.74 Å². The maximum Gasteiger partial charge on any atom is 0.131 e. The molecule has 5 nitrogen and oxygen atoms in total. The van der Waals surface area contributed by atoms with Gasteiger partial charge >= 0.3 is 0 Å². The van der Waals surface area contributed by atoms with E-state index in [1.165, 1.54) is 19.3 Å². The molecule has 1 unspecified atom stereocenters. The highest BCUT2D eigenvalue weighted by molar-refractivity contribution is 5.47. The molecule has 112 valence electrons. The van der Waals surface area contributed by atoms with E-state index in [0.29, 0.717) is 6.10 Å². The third kappa shape index (κ3) is 4.96. The van der Waals surface area contributed by atoms with Crippen molar-refractivity contribution in [2.45, 2.75) is 52.1 Å². The zero-order chi connectivity index (χ0) is 14.2. The lowest BCUT2D eigenvalue weighted by Crippen LogP contribution is -2.22. The van der Waals surface area contributed by atoms with Crippen molar-refractivity contribution in [3.63, 3.8) is 0 Å². The lowest BCUT2D eigenvalue weighted by Gasteiger charge is -2.22. The summed E-state index contributed by atoms with van der Waals surface area (Å²) in [6.07, 6.45) is 6.24. The summed E-state index contributed by atoms with van der Waals surface area (Å²) in [6, 6.07) is 1.98. The molecular formula is C15H26N4O. The largest absolute Gasteiger partial charge is 0.378 e. The van der Waals surface area contributed by atoms with E-state index < -0.39 is 0 Å².